The molecule has 1 unspecified atom stereocenters. The highest BCUT2D eigenvalue weighted by Crippen LogP contribution is 2.30. The molecule has 1 fully saturated rings. The molecule has 3 atom stereocenters. The topological polar surface area (TPSA) is 117 Å². The number of aromatic nitrogens is 3. The Morgan fingerprint density at radius 3 is 2.67 bits per heavy atom. The Morgan fingerprint density at radius 1 is 1.14 bits per heavy atom. The van der Waals surface area contributed by atoms with Gasteiger partial charge in [-0.1, -0.05) is 6.07 Å². The van der Waals surface area contributed by atoms with Crippen LogP contribution in [0.5, 0.6) is 11.6 Å². The summed E-state index contributed by atoms with van der Waals surface area (Å²) in [4.78, 5) is 29.0. The summed E-state index contributed by atoms with van der Waals surface area (Å²) >= 11 is 0. The fourth-order valence-electron chi connectivity index (χ4n) is 4.68. The third-order valence-electron chi connectivity index (χ3n) is 6.93. The van der Waals surface area contributed by atoms with Crippen molar-refractivity contribution in [1.29, 1.82) is 0 Å². The van der Waals surface area contributed by atoms with Crippen LogP contribution in [0.4, 0.5) is 8.78 Å². The van der Waals surface area contributed by atoms with Crippen molar-refractivity contribution < 1.29 is 32.6 Å². The van der Waals surface area contributed by atoms with Gasteiger partial charge in [-0.3, -0.25) is 9.59 Å². The first-order valence-electron chi connectivity index (χ1n) is 13.4. The fraction of sp³-hybridized carbons (Fsp3) is 0.333. The quantitative estimate of drug-likeness (QED) is 0.289. The highest BCUT2D eigenvalue weighted by Gasteiger charge is 2.35. The van der Waals surface area contributed by atoms with E-state index in [4.69, 9.17) is 14.2 Å². The van der Waals surface area contributed by atoms with Crippen molar-refractivity contribution in [1.82, 2.24) is 25.4 Å². The van der Waals surface area contributed by atoms with Crippen LogP contribution in [0.3, 0.4) is 0 Å². The molecule has 42 heavy (non-hydrogen) atoms. The van der Waals surface area contributed by atoms with Gasteiger partial charge in [0, 0.05) is 42.3 Å². The van der Waals surface area contributed by atoms with Gasteiger partial charge in [-0.15, -0.1) is 0 Å². The molecule has 220 valence electrons. The molecule has 2 aromatic carbocycles. The smallest absolute Gasteiger partial charge is 0.321 e. The Kier molecular flexibility index (Phi) is 8.34. The van der Waals surface area contributed by atoms with Crippen LogP contribution in [0.2, 0.25) is 0 Å². The number of carbonyl (C=O) groups excluding carboxylic acids is 2. The molecule has 0 aliphatic carbocycles. The maximum atomic E-state index is 13.6. The summed E-state index contributed by atoms with van der Waals surface area (Å²) in [5.41, 5.74) is 2.53. The van der Waals surface area contributed by atoms with E-state index >= 15 is 0 Å². The summed E-state index contributed by atoms with van der Waals surface area (Å²) in [6.07, 6.45) is 3.11. The first-order chi connectivity index (χ1) is 20.1. The number of nitrogens with one attached hydrogen (secondary N) is 2. The van der Waals surface area contributed by atoms with Crippen LogP contribution in [0, 0.1) is 0 Å². The van der Waals surface area contributed by atoms with Crippen molar-refractivity contribution in [3.8, 4) is 17.3 Å². The number of rotatable bonds is 10. The van der Waals surface area contributed by atoms with Crippen molar-refractivity contribution in [2.45, 2.75) is 44.4 Å². The molecule has 0 radical (unpaired) electrons. The van der Waals surface area contributed by atoms with Crippen LogP contribution in [0.1, 0.15) is 42.3 Å². The molecule has 5 rings (SSSR count). The van der Waals surface area contributed by atoms with E-state index in [0.717, 1.165) is 17.3 Å². The predicted molar refractivity (Wildman–Crippen MR) is 150 cm³/mol. The van der Waals surface area contributed by atoms with E-state index in [1.807, 2.05) is 12.1 Å². The molecule has 1 saturated heterocycles. The van der Waals surface area contributed by atoms with Gasteiger partial charge in [0.25, 0.3) is 11.8 Å². The standard InChI is InChI=1S/C30H31F2N5O5/c1-18(35-29(39)30(2,31)32)27(20-7-10-26(40-3)33-15-20)42-24-8-9-25-21(14-24)16-34-37(25)23-6-4-5-19(13-23)28(38)36-22-11-12-41-17-22/h4-10,13-16,18,22,27H,11-12,17H2,1-3H3,(H,35,39)(H,36,38)/t18-,22?,27-/m0/s1. The Hall–Kier alpha value is -4.58. The van der Waals surface area contributed by atoms with E-state index in [-0.39, 0.29) is 11.9 Å². The summed E-state index contributed by atoms with van der Waals surface area (Å²) in [6.45, 7) is 3.26. The molecule has 1 aliphatic heterocycles. The molecule has 12 heteroatoms. The molecule has 1 aliphatic rings. The van der Waals surface area contributed by atoms with Gasteiger partial charge >= 0.3 is 5.92 Å². The number of ether oxygens (including phenoxy) is 3. The molecule has 0 bridgehead atoms. The van der Waals surface area contributed by atoms with Gasteiger partial charge < -0.3 is 24.8 Å². The minimum atomic E-state index is -3.55. The monoisotopic (exact) mass is 579 g/mol. The zero-order valence-electron chi connectivity index (χ0n) is 23.3. The van der Waals surface area contributed by atoms with E-state index in [9.17, 15) is 18.4 Å². The van der Waals surface area contributed by atoms with Crippen LogP contribution >= 0.6 is 0 Å². The van der Waals surface area contributed by atoms with Gasteiger partial charge in [-0.2, -0.15) is 13.9 Å². The summed E-state index contributed by atoms with van der Waals surface area (Å²) in [7, 11) is 1.48. The number of benzene rings is 2. The SMILES string of the molecule is COc1ccc([C@@H](Oc2ccc3c(cnn3-c3cccc(C(=O)NC4CCOC4)c3)c2)[C@H](C)NC(=O)C(C)(F)F)cn1. The van der Waals surface area contributed by atoms with Crippen LogP contribution < -0.4 is 20.1 Å². The summed E-state index contributed by atoms with van der Waals surface area (Å²) in [5, 5.41) is 10.6. The lowest BCUT2D eigenvalue weighted by atomic mass is 10.0. The highest BCUT2D eigenvalue weighted by molar-refractivity contribution is 5.95. The van der Waals surface area contributed by atoms with E-state index in [1.54, 1.807) is 60.3 Å². The average molecular weight is 580 g/mol. The van der Waals surface area contributed by atoms with Gasteiger partial charge in [-0.25, -0.2) is 9.67 Å². The molecular weight excluding hydrogens is 548 g/mol. The molecule has 2 amide bonds. The number of halogens is 2. The lowest BCUT2D eigenvalue weighted by Crippen LogP contribution is -2.46. The van der Waals surface area contributed by atoms with Gasteiger partial charge in [0.15, 0.2) is 0 Å². The maximum absolute atomic E-state index is 13.6. The molecule has 3 heterocycles. The van der Waals surface area contributed by atoms with Crippen LogP contribution in [0.15, 0.2) is 67.0 Å². The molecule has 2 aromatic heterocycles. The van der Waals surface area contributed by atoms with Crippen molar-refractivity contribution in [2.75, 3.05) is 20.3 Å². The van der Waals surface area contributed by atoms with Crippen molar-refractivity contribution in [3.63, 3.8) is 0 Å². The first-order valence-corrected chi connectivity index (χ1v) is 13.4. The second-order valence-electron chi connectivity index (χ2n) is 10.2. The van der Waals surface area contributed by atoms with E-state index in [0.29, 0.717) is 48.6 Å². The predicted octanol–water partition coefficient (Wildman–Crippen LogP) is 4.23. The number of amides is 2. The number of hydrogen-bond acceptors (Lipinski definition) is 7. The largest absolute Gasteiger partial charge is 0.484 e. The lowest BCUT2D eigenvalue weighted by Gasteiger charge is -2.27. The third kappa shape index (κ3) is 6.49. The molecule has 0 saturated carbocycles. The minimum Gasteiger partial charge on any atom is -0.484 e. The van der Waals surface area contributed by atoms with Crippen molar-refractivity contribution in [2.24, 2.45) is 0 Å². The number of hydrogen-bond donors (Lipinski definition) is 2. The van der Waals surface area contributed by atoms with Crippen molar-refractivity contribution in [3.05, 3.63) is 78.1 Å². The summed E-state index contributed by atoms with van der Waals surface area (Å²) < 4.78 is 45.7. The number of fused-ring (bicyclic) bond motifs is 1. The number of pyridine rings is 1. The summed E-state index contributed by atoms with van der Waals surface area (Å²) in [6, 6.07) is 15.0. The molecule has 10 nitrogen and oxygen atoms in total. The van der Waals surface area contributed by atoms with Gasteiger partial charge in [0.2, 0.25) is 5.88 Å². The van der Waals surface area contributed by atoms with E-state index in [1.165, 1.54) is 13.3 Å². The normalized spacial score (nSPS) is 16.5. The van der Waals surface area contributed by atoms with Crippen LogP contribution in [-0.2, 0) is 9.53 Å². The number of nitrogens with zero attached hydrogens (tertiary/aromatic N) is 3. The Labute approximate surface area is 241 Å². The molecule has 0 spiro atoms. The van der Waals surface area contributed by atoms with E-state index < -0.39 is 24.0 Å². The van der Waals surface area contributed by atoms with Gasteiger partial charge in [0.05, 0.1) is 43.2 Å². The minimum absolute atomic E-state index is 0.00265. The Balaban J connectivity index is 1.39. The molecule has 2 N–H and O–H groups in total. The second-order valence-corrected chi connectivity index (χ2v) is 10.2. The second kappa shape index (κ2) is 12.1. The Morgan fingerprint density at radius 2 is 1.98 bits per heavy atom. The fourth-order valence-corrected chi connectivity index (χ4v) is 4.68. The van der Waals surface area contributed by atoms with Crippen LogP contribution in [-0.4, -0.2) is 64.9 Å². The summed E-state index contributed by atoms with van der Waals surface area (Å²) in [5.74, 6) is -4.33. The van der Waals surface area contributed by atoms with Gasteiger partial charge in [0.1, 0.15) is 11.9 Å². The van der Waals surface area contributed by atoms with E-state index in [2.05, 4.69) is 20.7 Å². The molecule has 4 aromatic rings. The first kappa shape index (κ1) is 28.9. The number of alkyl halides is 2. The Bertz CT molecular complexity index is 1560. The number of carbonyl (C=O) groups is 2. The highest BCUT2D eigenvalue weighted by atomic mass is 19.3. The molecular formula is C30H31F2N5O5. The van der Waals surface area contributed by atoms with Crippen molar-refractivity contribution >= 4 is 22.7 Å². The van der Waals surface area contributed by atoms with Crippen LogP contribution in [0.25, 0.3) is 16.6 Å². The zero-order chi connectivity index (χ0) is 29.9. The lowest BCUT2D eigenvalue weighted by molar-refractivity contribution is -0.144. The zero-order valence-corrected chi connectivity index (χ0v) is 23.3. The third-order valence-corrected chi connectivity index (χ3v) is 6.93. The average Bonchev–Trinajstić information content (AvgIpc) is 3.65. The van der Waals surface area contributed by atoms with Gasteiger partial charge in [-0.05, 0) is 55.8 Å². The number of methoxy groups -OCH3 is 1. The maximum Gasteiger partial charge on any atom is 0.321 e.